The lowest BCUT2D eigenvalue weighted by atomic mass is 10.2. The number of hydrogen-bond donors (Lipinski definition) is 1. The van der Waals surface area contributed by atoms with E-state index in [-0.39, 0.29) is 0 Å². The van der Waals surface area contributed by atoms with E-state index >= 15 is 0 Å². The Morgan fingerprint density at radius 3 is 2.59 bits per heavy atom. The van der Waals surface area contributed by atoms with E-state index in [9.17, 15) is 0 Å². The predicted octanol–water partition coefficient (Wildman–Crippen LogP) is 2.77. The van der Waals surface area contributed by atoms with E-state index in [1.54, 1.807) is 10.9 Å². The van der Waals surface area contributed by atoms with E-state index in [1.165, 1.54) is 0 Å². The Kier molecular flexibility index (Phi) is 2.66. The number of imidazole rings is 1. The fourth-order valence-corrected chi connectivity index (χ4v) is 2.84. The molecule has 6 nitrogen and oxygen atoms in total. The van der Waals surface area contributed by atoms with Crippen LogP contribution < -0.4 is 0 Å². The van der Waals surface area contributed by atoms with Gasteiger partial charge in [-0.15, -0.1) is 0 Å². The van der Waals surface area contributed by atoms with Gasteiger partial charge in [-0.1, -0.05) is 18.2 Å². The normalized spacial score (nSPS) is 11.4. The molecule has 0 radical (unpaired) electrons. The second-order valence-electron chi connectivity index (χ2n) is 5.38. The molecule has 4 rings (SSSR count). The van der Waals surface area contributed by atoms with Gasteiger partial charge in [-0.25, -0.2) is 14.3 Å². The highest BCUT2D eigenvalue weighted by atomic mass is 15.3. The van der Waals surface area contributed by atoms with Crippen molar-refractivity contribution in [2.75, 3.05) is 0 Å². The fraction of sp³-hybridized carbons (Fsp3) is 0.188. The second kappa shape index (κ2) is 4.56. The molecule has 0 aliphatic heterocycles. The van der Waals surface area contributed by atoms with Crippen molar-refractivity contribution in [1.82, 2.24) is 29.5 Å². The maximum atomic E-state index is 4.67. The summed E-state index contributed by atoms with van der Waals surface area (Å²) in [5.74, 6) is 0.834. The minimum atomic E-state index is 0.834. The summed E-state index contributed by atoms with van der Waals surface area (Å²) in [5.41, 5.74) is 5.89. The van der Waals surface area contributed by atoms with Gasteiger partial charge in [0.15, 0.2) is 5.65 Å². The maximum absolute atomic E-state index is 4.67. The molecule has 6 heteroatoms. The number of H-pyrrole nitrogens is 1. The highest BCUT2D eigenvalue weighted by Crippen LogP contribution is 2.28. The zero-order valence-corrected chi connectivity index (χ0v) is 12.7. The van der Waals surface area contributed by atoms with Crippen LogP contribution >= 0.6 is 0 Å². The lowest BCUT2D eigenvalue weighted by Gasteiger charge is -2.04. The Morgan fingerprint density at radius 1 is 1.09 bits per heavy atom. The van der Waals surface area contributed by atoms with Crippen LogP contribution in [-0.4, -0.2) is 29.5 Å². The topological polar surface area (TPSA) is 64.3 Å². The van der Waals surface area contributed by atoms with Crippen molar-refractivity contribution in [2.45, 2.75) is 13.8 Å². The van der Waals surface area contributed by atoms with Crippen LogP contribution in [0.25, 0.3) is 28.2 Å². The van der Waals surface area contributed by atoms with Crippen LogP contribution in [0.5, 0.6) is 0 Å². The zero-order chi connectivity index (χ0) is 15.3. The summed E-state index contributed by atoms with van der Waals surface area (Å²) >= 11 is 0. The number of nitrogens with zero attached hydrogens (tertiary/aromatic N) is 5. The van der Waals surface area contributed by atoms with Gasteiger partial charge in [0.25, 0.3) is 0 Å². The first-order valence-electron chi connectivity index (χ1n) is 7.15. The molecule has 0 fully saturated rings. The molecule has 0 saturated carbocycles. The molecule has 1 aromatic carbocycles. The number of rotatable bonds is 2. The number of fused-ring (bicyclic) bond motifs is 1. The number of aromatic nitrogens is 6. The molecule has 0 saturated heterocycles. The van der Waals surface area contributed by atoms with Crippen LogP contribution in [0.4, 0.5) is 0 Å². The Balaban J connectivity index is 1.90. The van der Waals surface area contributed by atoms with Crippen LogP contribution in [0.15, 0.2) is 36.5 Å². The van der Waals surface area contributed by atoms with Crippen LogP contribution in [0.2, 0.25) is 0 Å². The summed E-state index contributed by atoms with van der Waals surface area (Å²) in [4.78, 5) is 7.99. The average molecular weight is 292 g/mol. The van der Waals surface area contributed by atoms with E-state index in [1.807, 2.05) is 49.0 Å². The first-order valence-corrected chi connectivity index (χ1v) is 7.15. The minimum absolute atomic E-state index is 0.834. The number of benzene rings is 1. The van der Waals surface area contributed by atoms with E-state index < -0.39 is 0 Å². The first kappa shape index (κ1) is 12.8. The fourth-order valence-electron chi connectivity index (χ4n) is 2.84. The molecule has 0 aliphatic rings. The van der Waals surface area contributed by atoms with Crippen LogP contribution in [-0.2, 0) is 7.05 Å². The molecule has 0 spiro atoms. The van der Waals surface area contributed by atoms with Gasteiger partial charge in [0.05, 0.1) is 28.8 Å². The molecule has 0 amide bonds. The van der Waals surface area contributed by atoms with E-state index in [4.69, 9.17) is 0 Å². The Morgan fingerprint density at radius 2 is 1.86 bits per heavy atom. The number of nitrogens with one attached hydrogen (secondary N) is 1. The zero-order valence-electron chi connectivity index (χ0n) is 12.7. The maximum Gasteiger partial charge on any atom is 0.176 e. The molecule has 4 aromatic rings. The van der Waals surface area contributed by atoms with Gasteiger partial charge in [0.1, 0.15) is 11.3 Å². The van der Waals surface area contributed by atoms with Gasteiger partial charge in [0.2, 0.25) is 0 Å². The highest BCUT2D eigenvalue weighted by Gasteiger charge is 2.18. The third-order valence-corrected chi connectivity index (χ3v) is 3.91. The molecular formula is C16H16N6. The van der Waals surface area contributed by atoms with Gasteiger partial charge in [-0.05, 0) is 26.0 Å². The molecule has 0 bridgehead atoms. The van der Waals surface area contributed by atoms with Crippen LogP contribution in [0, 0.1) is 13.8 Å². The average Bonchev–Trinajstić information content (AvgIpc) is 3.16. The van der Waals surface area contributed by atoms with Crippen LogP contribution in [0.3, 0.4) is 0 Å². The van der Waals surface area contributed by atoms with Gasteiger partial charge in [0, 0.05) is 7.05 Å². The van der Waals surface area contributed by atoms with Crippen molar-refractivity contribution in [3.05, 3.63) is 47.9 Å². The quantitative estimate of drug-likeness (QED) is 0.618. The second-order valence-corrected chi connectivity index (χ2v) is 5.38. The summed E-state index contributed by atoms with van der Waals surface area (Å²) in [7, 11) is 1.89. The van der Waals surface area contributed by atoms with E-state index in [0.29, 0.717) is 0 Å². The number of para-hydroxylation sites is 1. The van der Waals surface area contributed by atoms with Crippen molar-refractivity contribution < 1.29 is 0 Å². The Hall–Kier alpha value is -2.89. The van der Waals surface area contributed by atoms with Crippen molar-refractivity contribution in [1.29, 1.82) is 0 Å². The molecular weight excluding hydrogens is 276 g/mol. The monoisotopic (exact) mass is 292 g/mol. The standard InChI is InChI=1S/C16H16N6/c1-10-14(15-18-13-9-17-21(3)16(13)19-15)11(2)22(20-10)12-7-5-4-6-8-12/h4-9H,1-3H3,(H,18,19). The molecule has 0 aliphatic carbocycles. The molecule has 3 heterocycles. The van der Waals surface area contributed by atoms with Crippen LogP contribution in [0.1, 0.15) is 11.4 Å². The Labute approximate surface area is 127 Å². The van der Waals surface area contributed by atoms with E-state index in [0.717, 1.165) is 39.6 Å². The summed E-state index contributed by atoms with van der Waals surface area (Å²) in [5, 5.41) is 8.86. The lowest BCUT2D eigenvalue weighted by molar-refractivity contribution is 0.786. The minimum Gasteiger partial charge on any atom is -0.335 e. The third kappa shape index (κ3) is 1.77. The Bertz CT molecular complexity index is 958. The van der Waals surface area contributed by atoms with Gasteiger partial charge < -0.3 is 4.98 Å². The third-order valence-electron chi connectivity index (χ3n) is 3.91. The summed E-state index contributed by atoms with van der Waals surface area (Å²) in [6.45, 7) is 4.07. The highest BCUT2D eigenvalue weighted by molar-refractivity contribution is 5.77. The summed E-state index contributed by atoms with van der Waals surface area (Å²) in [6.07, 6.45) is 1.79. The van der Waals surface area contributed by atoms with Gasteiger partial charge in [-0.2, -0.15) is 10.2 Å². The molecule has 1 N–H and O–H groups in total. The molecule has 3 aromatic heterocycles. The lowest BCUT2D eigenvalue weighted by Crippen LogP contribution is -1.98. The van der Waals surface area contributed by atoms with E-state index in [2.05, 4.69) is 27.1 Å². The van der Waals surface area contributed by atoms with Gasteiger partial charge >= 0.3 is 0 Å². The van der Waals surface area contributed by atoms with Crippen molar-refractivity contribution in [3.63, 3.8) is 0 Å². The predicted molar refractivity (Wildman–Crippen MR) is 84.9 cm³/mol. The number of aromatic amines is 1. The van der Waals surface area contributed by atoms with Gasteiger partial charge in [-0.3, -0.25) is 0 Å². The molecule has 110 valence electrons. The number of aryl methyl sites for hydroxylation is 2. The number of hydrogen-bond acceptors (Lipinski definition) is 3. The molecule has 0 atom stereocenters. The summed E-state index contributed by atoms with van der Waals surface area (Å²) < 4.78 is 3.72. The molecule has 0 unspecified atom stereocenters. The largest absolute Gasteiger partial charge is 0.335 e. The summed E-state index contributed by atoms with van der Waals surface area (Å²) in [6, 6.07) is 10.1. The smallest absolute Gasteiger partial charge is 0.176 e. The molecule has 22 heavy (non-hydrogen) atoms. The van der Waals surface area contributed by atoms with Crippen molar-refractivity contribution in [2.24, 2.45) is 7.05 Å². The van der Waals surface area contributed by atoms with Crippen molar-refractivity contribution >= 4 is 11.2 Å². The van der Waals surface area contributed by atoms with Crippen molar-refractivity contribution in [3.8, 4) is 17.1 Å². The first-order chi connectivity index (χ1) is 10.6. The SMILES string of the molecule is Cc1nn(-c2ccccc2)c(C)c1-c1nc2c(cnn2C)[nH]1.